The van der Waals surface area contributed by atoms with E-state index < -0.39 is 22.4 Å². The van der Waals surface area contributed by atoms with Crippen molar-refractivity contribution < 1.29 is 22.8 Å². The summed E-state index contributed by atoms with van der Waals surface area (Å²) in [6.07, 6.45) is -1.66. The molecule has 0 radical (unpaired) electrons. The molecule has 0 bridgehead atoms. The highest BCUT2D eigenvalue weighted by Crippen LogP contribution is 2.38. The monoisotopic (exact) mass is 481 g/mol. The van der Waals surface area contributed by atoms with Crippen LogP contribution in [-0.4, -0.2) is 21.5 Å². The Morgan fingerprint density at radius 3 is 2.36 bits per heavy atom. The van der Waals surface area contributed by atoms with Crippen molar-refractivity contribution in [3.63, 3.8) is 0 Å². The lowest BCUT2D eigenvalue weighted by Crippen LogP contribution is -2.08. The van der Waals surface area contributed by atoms with Gasteiger partial charge < -0.3 is 15.4 Å². The highest BCUT2D eigenvalue weighted by molar-refractivity contribution is 6.33. The molecule has 0 spiro atoms. The smallest absolute Gasteiger partial charge is 0.416 e. The molecule has 1 aromatic heterocycles. The molecule has 0 saturated heterocycles. The van der Waals surface area contributed by atoms with Gasteiger partial charge in [0.15, 0.2) is 0 Å². The molecular weight excluding hydrogens is 463 g/mol. The summed E-state index contributed by atoms with van der Waals surface area (Å²) in [5, 5.41) is 17.0. The average molecular weight is 482 g/mol. The van der Waals surface area contributed by atoms with Crippen LogP contribution in [0, 0.1) is 10.1 Å². The summed E-state index contributed by atoms with van der Waals surface area (Å²) in [5.74, 6) is 0.172. The van der Waals surface area contributed by atoms with Gasteiger partial charge in [0.2, 0.25) is 11.6 Å². The van der Waals surface area contributed by atoms with Crippen LogP contribution in [-0.2, 0) is 6.18 Å². The van der Waals surface area contributed by atoms with Gasteiger partial charge in [-0.05, 0) is 48.9 Å². The summed E-state index contributed by atoms with van der Waals surface area (Å²) >= 11 is 5.99. The third kappa shape index (κ3) is 6.22. The molecule has 0 amide bonds. The molecule has 2 aromatic carbocycles. The Hall–Kier alpha value is -3.60. The first-order valence-electron chi connectivity index (χ1n) is 9.82. The number of alkyl halides is 3. The molecular formula is C21H19ClF3N5O3. The van der Waals surface area contributed by atoms with Crippen LogP contribution < -0.4 is 15.4 Å². The molecule has 0 fully saturated rings. The van der Waals surface area contributed by atoms with Crippen molar-refractivity contribution in [3.05, 3.63) is 69.5 Å². The van der Waals surface area contributed by atoms with E-state index in [0.717, 1.165) is 37.4 Å². The molecule has 0 aliphatic heterocycles. The molecule has 0 atom stereocenters. The average Bonchev–Trinajstić information content (AvgIpc) is 2.76. The molecule has 174 valence electrons. The molecule has 12 heteroatoms. The van der Waals surface area contributed by atoms with E-state index in [0.29, 0.717) is 18.0 Å². The third-order valence-corrected chi connectivity index (χ3v) is 4.76. The maximum Gasteiger partial charge on any atom is 0.416 e. The molecule has 1 heterocycles. The Labute approximate surface area is 191 Å². The van der Waals surface area contributed by atoms with Gasteiger partial charge in [-0.2, -0.15) is 13.2 Å². The number of hydrogen-bond donors (Lipinski definition) is 2. The van der Waals surface area contributed by atoms with Gasteiger partial charge in [0, 0.05) is 5.69 Å². The fourth-order valence-corrected chi connectivity index (χ4v) is 2.93. The number of anilines is 4. The summed E-state index contributed by atoms with van der Waals surface area (Å²) in [4.78, 5) is 18.7. The van der Waals surface area contributed by atoms with E-state index in [1.54, 1.807) is 24.3 Å². The zero-order valence-electron chi connectivity index (χ0n) is 17.3. The zero-order chi connectivity index (χ0) is 24.0. The van der Waals surface area contributed by atoms with Crippen molar-refractivity contribution in [2.24, 2.45) is 0 Å². The second kappa shape index (κ2) is 10.3. The fraction of sp³-hybridized carbons (Fsp3) is 0.238. The first-order valence-corrected chi connectivity index (χ1v) is 10.2. The lowest BCUT2D eigenvalue weighted by atomic mass is 10.2. The van der Waals surface area contributed by atoms with Gasteiger partial charge in [0.25, 0.3) is 0 Å². The number of halogens is 4. The van der Waals surface area contributed by atoms with Crippen molar-refractivity contribution in [3.8, 4) is 5.75 Å². The number of nitro groups is 1. The minimum atomic E-state index is -4.61. The van der Waals surface area contributed by atoms with Gasteiger partial charge in [-0.1, -0.05) is 24.9 Å². The molecule has 0 aliphatic rings. The standard InChI is InChI=1S/C21H19ClF3N5O3/c1-2-3-10-33-15-7-5-14(6-8-15)28-19-18(30(31)32)20(27-12-26-19)29-17-11-13(21(23,24)25)4-9-16(17)22/h4-9,11-12H,2-3,10H2,1H3,(H2,26,27,28,29). The molecule has 0 unspecified atom stereocenters. The van der Waals surface area contributed by atoms with Crippen LogP contribution in [0.2, 0.25) is 5.02 Å². The minimum absolute atomic E-state index is 0.0657. The van der Waals surface area contributed by atoms with Crippen LogP contribution in [0.5, 0.6) is 5.75 Å². The lowest BCUT2D eigenvalue weighted by Gasteiger charge is -2.13. The first kappa shape index (κ1) is 24.1. The van der Waals surface area contributed by atoms with Crippen LogP contribution in [0.15, 0.2) is 48.8 Å². The second-order valence-electron chi connectivity index (χ2n) is 6.85. The van der Waals surface area contributed by atoms with Gasteiger partial charge in [-0.3, -0.25) is 10.1 Å². The fourth-order valence-electron chi connectivity index (χ4n) is 2.77. The molecule has 3 aromatic rings. The maximum absolute atomic E-state index is 13.0. The number of ether oxygens (including phenoxy) is 1. The minimum Gasteiger partial charge on any atom is -0.494 e. The molecule has 8 nitrogen and oxygen atoms in total. The van der Waals surface area contributed by atoms with Crippen molar-refractivity contribution >= 4 is 40.3 Å². The molecule has 33 heavy (non-hydrogen) atoms. The number of aromatic nitrogens is 2. The van der Waals surface area contributed by atoms with E-state index in [2.05, 4.69) is 27.5 Å². The molecule has 0 aliphatic carbocycles. The van der Waals surface area contributed by atoms with E-state index in [1.165, 1.54) is 0 Å². The lowest BCUT2D eigenvalue weighted by molar-refractivity contribution is -0.383. The predicted octanol–water partition coefficient (Wildman–Crippen LogP) is 6.72. The SMILES string of the molecule is CCCCOc1ccc(Nc2ncnc(Nc3cc(C(F)(F)F)ccc3Cl)c2[N+](=O)[O-])cc1. The molecule has 2 N–H and O–H groups in total. The van der Waals surface area contributed by atoms with Gasteiger partial charge >= 0.3 is 11.9 Å². The summed E-state index contributed by atoms with van der Waals surface area (Å²) in [5.41, 5.74) is -1.23. The first-order chi connectivity index (χ1) is 15.7. The number of benzene rings is 2. The normalized spacial score (nSPS) is 11.2. The van der Waals surface area contributed by atoms with Crippen LogP contribution in [0.1, 0.15) is 25.3 Å². The Bertz CT molecular complexity index is 1130. The van der Waals surface area contributed by atoms with E-state index >= 15 is 0 Å². The van der Waals surface area contributed by atoms with Gasteiger partial charge in [-0.25, -0.2) is 9.97 Å². The number of rotatable bonds is 9. The number of hydrogen-bond acceptors (Lipinski definition) is 7. The van der Waals surface area contributed by atoms with Crippen molar-refractivity contribution in [1.29, 1.82) is 0 Å². The van der Waals surface area contributed by atoms with Crippen LogP contribution in [0.3, 0.4) is 0 Å². The quantitative estimate of drug-likeness (QED) is 0.198. The van der Waals surface area contributed by atoms with Crippen LogP contribution in [0.4, 0.5) is 41.9 Å². The highest BCUT2D eigenvalue weighted by atomic mass is 35.5. The number of nitrogens with zero attached hydrogens (tertiary/aromatic N) is 3. The summed E-state index contributed by atoms with van der Waals surface area (Å²) < 4.78 is 44.7. The molecule has 3 rings (SSSR count). The number of unbranched alkanes of at least 4 members (excludes halogenated alkanes) is 1. The highest BCUT2D eigenvalue weighted by Gasteiger charge is 2.31. The van der Waals surface area contributed by atoms with Crippen LogP contribution in [0.25, 0.3) is 0 Å². The van der Waals surface area contributed by atoms with E-state index in [9.17, 15) is 23.3 Å². The zero-order valence-corrected chi connectivity index (χ0v) is 18.1. The Kier molecular flexibility index (Phi) is 7.54. The summed E-state index contributed by atoms with van der Waals surface area (Å²) in [6.45, 7) is 2.63. The van der Waals surface area contributed by atoms with E-state index in [1.807, 2.05) is 0 Å². The van der Waals surface area contributed by atoms with Gasteiger partial charge in [0.05, 0.1) is 27.8 Å². The van der Waals surface area contributed by atoms with Gasteiger partial charge in [-0.15, -0.1) is 0 Å². The second-order valence-corrected chi connectivity index (χ2v) is 7.25. The van der Waals surface area contributed by atoms with Crippen molar-refractivity contribution in [2.45, 2.75) is 25.9 Å². The topological polar surface area (TPSA) is 102 Å². The summed E-state index contributed by atoms with van der Waals surface area (Å²) in [7, 11) is 0. The van der Waals surface area contributed by atoms with Crippen molar-refractivity contribution in [1.82, 2.24) is 9.97 Å². The molecule has 0 saturated carbocycles. The van der Waals surface area contributed by atoms with Gasteiger partial charge in [0.1, 0.15) is 12.1 Å². The van der Waals surface area contributed by atoms with Crippen LogP contribution >= 0.6 is 11.6 Å². The Morgan fingerprint density at radius 1 is 1.09 bits per heavy atom. The predicted molar refractivity (Wildman–Crippen MR) is 119 cm³/mol. The maximum atomic E-state index is 13.0. The Morgan fingerprint density at radius 2 is 1.76 bits per heavy atom. The summed E-state index contributed by atoms with van der Waals surface area (Å²) in [6, 6.07) is 9.32. The Balaban J connectivity index is 1.87. The van der Waals surface area contributed by atoms with Crippen molar-refractivity contribution in [2.75, 3.05) is 17.2 Å². The largest absolute Gasteiger partial charge is 0.494 e. The third-order valence-electron chi connectivity index (χ3n) is 4.44. The van der Waals surface area contributed by atoms with E-state index in [4.69, 9.17) is 16.3 Å². The van der Waals surface area contributed by atoms with E-state index in [-0.39, 0.29) is 22.3 Å². The number of nitrogens with one attached hydrogen (secondary N) is 2.